The predicted molar refractivity (Wildman–Crippen MR) is 111 cm³/mol. The van der Waals surface area contributed by atoms with Crippen molar-refractivity contribution in [3.63, 3.8) is 0 Å². The summed E-state index contributed by atoms with van der Waals surface area (Å²) in [6, 6.07) is 14.7. The Kier molecular flexibility index (Phi) is 6.34. The second-order valence-electron chi connectivity index (χ2n) is 6.66. The lowest BCUT2D eigenvalue weighted by molar-refractivity contribution is -0.121. The van der Waals surface area contributed by atoms with Crippen LogP contribution in [0.3, 0.4) is 0 Å². The molecule has 6 heteroatoms. The van der Waals surface area contributed by atoms with Gasteiger partial charge in [0.05, 0.1) is 18.4 Å². The molecule has 2 aromatic heterocycles. The van der Waals surface area contributed by atoms with Crippen molar-refractivity contribution in [2.24, 2.45) is 0 Å². The van der Waals surface area contributed by atoms with Gasteiger partial charge < -0.3 is 18.6 Å². The molecule has 0 saturated carbocycles. The van der Waals surface area contributed by atoms with Crippen molar-refractivity contribution in [1.29, 1.82) is 0 Å². The lowest BCUT2D eigenvalue weighted by atomic mass is 10.2. The van der Waals surface area contributed by atoms with Crippen molar-refractivity contribution in [2.45, 2.75) is 20.4 Å². The molecule has 29 heavy (non-hydrogen) atoms. The maximum absolute atomic E-state index is 12.6. The molecule has 0 N–H and O–H groups in total. The highest BCUT2D eigenvalue weighted by Gasteiger charge is 2.21. The summed E-state index contributed by atoms with van der Waals surface area (Å²) in [4.78, 5) is 26.8. The van der Waals surface area contributed by atoms with Crippen LogP contribution in [0.5, 0.6) is 0 Å². The van der Waals surface area contributed by atoms with Crippen LogP contribution < -0.4 is 4.90 Å². The number of para-hydroxylation sites is 1. The summed E-state index contributed by atoms with van der Waals surface area (Å²) < 4.78 is 12.7. The molecule has 0 bridgehead atoms. The monoisotopic (exact) mass is 392 g/mol. The normalized spacial score (nSPS) is 10.6. The van der Waals surface area contributed by atoms with E-state index in [1.807, 2.05) is 60.9 Å². The number of nitrogens with zero attached hydrogens (tertiary/aromatic N) is 2. The third-order valence-corrected chi connectivity index (χ3v) is 4.69. The minimum Gasteiger partial charge on any atom is -0.467 e. The number of hydrogen-bond acceptors (Lipinski definition) is 4. The van der Waals surface area contributed by atoms with Gasteiger partial charge in [-0.05, 0) is 44.2 Å². The molecule has 3 rings (SSSR count). The molecule has 150 valence electrons. The third kappa shape index (κ3) is 4.66. The zero-order valence-corrected chi connectivity index (χ0v) is 16.6. The number of hydrogen-bond donors (Lipinski definition) is 0. The lowest BCUT2D eigenvalue weighted by Gasteiger charge is -2.21. The van der Waals surface area contributed by atoms with E-state index in [0.29, 0.717) is 18.7 Å². The van der Waals surface area contributed by atoms with Crippen molar-refractivity contribution >= 4 is 17.6 Å². The maximum atomic E-state index is 12.6. The van der Waals surface area contributed by atoms with Gasteiger partial charge in [0, 0.05) is 23.6 Å². The van der Waals surface area contributed by atoms with Crippen LogP contribution in [0.15, 0.2) is 71.9 Å². The fourth-order valence-corrected chi connectivity index (χ4v) is 3.18. The van der Waals surface area contributed by atoms with E-state index in [9.17, 15) is 9.59 Å². The summed E-state index contributed by atoms with van der Waals surface area (Å²) in [5.74, 6) is -0.0394. The lowest BCUT2D eigenvalue weighted by Crippen LogP contribution is -2.34. The van der Waals surface area contributed by atoms with Gasteiger partial charge in [-0.15, -0.1) is 6.58 Å². The molecule has 6 nitrogen and oxygen atoms in total. The second-order valence-corrected chi connectivity index (χ2v) is 6.66. The SMILES string of the molecule is C=CCN(C(=O)COC(=O)c1cc(C)n(Cc2ccco2)c1C)c1ccccc1. The molecule has 0 unspecified atom stereocenters. The fraction of sp³-hybridized carbons (Fsp3) is 0.217. The summed E-state index contributed by atoms with van der Waals surface area (Å²) in [6.45, 7) is 7.97. The highest BCUT2D eigenvalue weighted by Crippen LogP contribution is 2.19. The zero-order chi connectivity index (χ0) is 20.8. The van der Waals surface area contributed by atoms with Crippen LogP contribution in [0.4, 0.5) is 5.69 Å². The summed E-state index contributed by atoms with van der Waals surface area (Å²) >= 11 is 0. The largest absolute Gasteiger partial charge is 0.467 e. The van der Waals surface area contributed by atoms with E-state index in [1.54, 1.807) is 18.4 Å². The number of ether oxygens (including phenoxy) is 1. The number of carbonyl (C=O) groups excluding carboxylic acids is 2. The van der Waals surface area contributed by atoms with Crippen molar-refractivity contribution in [2.75, 3.05) is 18.1 Å². The minimum atomic E-state index is -0.524. The number of furan rings is 1. The smallest absolute Gasteiger partial charge is 0.340 e. The summed E-state index contributed by atoms with van der Waals surface area (Å²) in [5.41, 5.74) is 2.85. The van der Waals surface area contributed by atoms with Crippen molar-refractivity contribution in [3.05, 3.63) is 90.2 Å². The Balaban J connectivity index is 1.68. The van der Waals surface area contributed by atoms with Crippen LogP contribution in [-0.2, 0) is 16.1 Å². The van der Waals surface area contributed by atoms with Gasteiger partial charge in [-0.25, -0.2) is 4.79 Å². The number of anilines is 1. The zero-order valence-electron chi connectivity index (χ0n) is 16.6. The van der Waals surface area contributed by atoms with E-state index in [-0.39, 0.29) is 12.5 Å². The highest BCUT2D eigenvalue weighted by atomic mass is 16.5. The quantitative estimate of drug-likeness (QED) is 0.427. The molecule has 0 spiro atoms. The summed E-state index contributed by atoms with van der Waals surface area (Å²) in [5, 5.41) is 0. The van der Waals surface area contributed by atoms with E-state index >= 15 is 0 Å². The van der Waals surface area contributed by atoms with Gasteiger partial charge in [0.15, 0.2) is 6.61 Å². The molecule has 0 atom stereocenters. The van der Waals surface area contributed by atoms with Gasteiger partial charge >= 0.3 is 5.97 Å². The first-order chi connectivity index (χ1) is 14.0. The Labute approximate surface area is 170 Å². The first-order valence-corrected chi connectivity index (χ1v) is 9.33. The topological polar surface area (TPSA) is 64.7 Å². The Morgan fingerprint density at radius 2 is 1.93 bits per heavy atom. The third-order valence-electron chi connectivity index (χ3n) is 4.69. The molecule has 1 aromatic carbocycles. The number of amides is 1. The number of esters is 1. The Bertz CT molecular complexity index is 988. The van der Waals surface area contributed by atoms with Gasteiger partial charge in [-0.3, -0.25) is 4.79 Å². The summed E-state index contributed by atoms with van der Waals surface area (Å²) in [6.07, 6.45) is 3.25. The van der Waals surface area contributed by atoms with E-state index in [0.717, 1.165) is 22.8 Å². The predicted octanol–water partition coefficient (Wildman–Crippen LogP) is 4.12. The highest BCUT2D eigenvalue weighted by molar-refractivity contribution is 5.97. The van der Waals surface area contributed by atoms with Gasteiger partial charge in [-0.2, -0.15) is 0 Å². The van der Waals surface area contributed by atoms with Crippen molar-refractivity contribution in [3.8, 4) is 0 Å². The van der Waals surface area contributed by atoms with Crippen LogP contribution >= 0.6 is 0 Å². The molecule has 0 aliphatic rings. The number of benzene rings is 1. The molecule has 3 aromatic rings. The van der Waals surface area contributed by atoms with Crippen LogP contribution in [-0.4, -0.2) is 29.6 Å². The van der Waals surface area contributed by atoms with Gasteiger partial charge in [0.25, 0.3) is 5.91 Å². The standard InChI is InChI=1S/C23H24N2O4/c1-4-12-24(19-9-6-5-7-10-19)22(26)16-29-23(27)21-14-17(2)25(18(21)3)15-20-11-8-13-28-20/h4-11,13-14H,1,12,15-16H2,2-3H3. The van der Waals surface area contributed by atoms with E-state index in [2.05, 4.69) is 6.58 Å². The molecular formula is C23H24N2O4. The molecule has 1 amide bonds. The van der Waals surface area contributed by atoms with Crippen molar-refractivity contribution < 1.29 is 18.7 Å². The van der Waals surface area contributed by atoms with E-state index in [4.69, 9.17) is 9.15 Å². The molecule has 0 fully saturated rings. The Morgan fingerprint density at radius 3 is 2.59 bits per heavy atom. The van der Waals surface area contributed by atoms with Gasteiger partial charge in [0.2, 0.25) is 0 Å². The van der Waals surface area contributed by atoms with Gasteiger partial charge in [0.1, 0.15) is 5.76 Å². The second kappa shape index (κ2) is 9.10. The molecule has 0 saturated heterocycles. The van der Waals surface area contributed by atoms with E-state index in [1.165, 1.54) is 4.90 Å². The Hall–Kier alpha value is -3.54. The van der Waals surface area contributed by atoms with Crippen molar-refractivity contribution in [1.82, 2.24) is 4.57 Å². The molecule has 0 aliphatic heterocycles. The minimum absolute atomic E-state index is 0.311. The number of carbonyl (C=O) groups is 2. The van der Waals surface area contributed by atoms with Crippen LogP contribution in [0.2, 0.25) is 0 Å². The fourth-order valence-electron chi connectivity index (χ4n) is 3.18. The number of rotatable bonds is 8. The maximum Gasteiger partial charge on any atom is 0.340 e. The molecule has 0 aliphatic carbocycles. The first-order valence-electron chi connectivity index (χ1n) is 9.33. The Morgan fingerprint density at radius 1 is 1.17 bits per heavy atom. The molecule has 0 radical (unpaired) electrons. The summed E-state index contributed by atoms with van der Waals surface area (Å²) in [7, 11) is 0. The number of aryl methyl sites for hydroxylation is 1. The first kappa shape index (κ1) is 20.2. The van der Waals surface area contributed by atoms with E-state index < -0.39 is 5.97 Å². The van der Waals surface area contributed by atoms with Crippen LogP contribution in [0.1, 0.15) is 27.5 Å². The average Bonchev–Trinajstić information content (AvgIpc) is 3.34. The molecular weight excluding hydrogens is 368 g/mol. The van der Waals surface area contributed by atoms with Crippen LogP contribution in [0.25, 0.3) is 0 Å². The van der Waals surface area contributed by atoms with Gasteiger partial charge in [-0.1, -0.05) is 24.3 Å². The van der Waals surface area contributed by atoms with Crippen LogP contribution in [0, 0.1) is 13.8 Å². The average molecular weight is 392 g/mol. The molecule has 2 heterocycles. The number of aromatic nitrogens is 1.